The van der Waals surface area contributed by atoms with E-state index in [2.05, 4.69) is 5.32 Å². The van der Waals surface area contributed by atoms with Crippen molar-refractivity contribution in [2.24, 2.45) is 0 Å². The fourth-order valence-electron chi connectivity index (χ4n) is 3.26. The SMILES string of the molecule is COC(=O)[C@H](Cc1ccccc1)NC(=O)c1cc(Cl)c2c(c1O)C(=O)O[C@H](C)C2. The predicted molar refractivity (Wildman–Crippen MR) is 105 cm³/mol. The van der Waals surface area contributed by atoms with Crippen LogP contribution < -0.4 is 5.32 Å². The van der Waals surface area contributed by atoms with E-state index in [0.717, 1.165) is 5.56 Å². The molecule has 0 saturated carbocycles. The summed E-state index contributed by atoms with van der Waals surface area (Å²) in [6.07, 6.45) is 0.132. The topological polar surface area (TPSA) is 102 Å². The number of esters is 2. The summed E-state index contributed by atoms with van der Waals surface area (Å²) in [4.78, 5) is 37.2. The molecule has 2 aromatic rings. The van der Waals surface area contributed by atoms with Gasteiger partial charge in [-0.05, 0) is 24.1 Å². The summed E-state index contributed by atoms with van der Waals surface area (Å²) in [5, 5.41) is 13.3. The van der Waals surface area contributed by atoms with Crippen LogP contribution in [0.15, 0.2) is 36.4 Å². The number of hydrogen-bond donors (Lipinski definition) is 2. The number of cyclic esters (lactones) is 1. The average molecular weight is 418 g/mol. The third kappa shape index (κ3) is 4.35. The maximum absolute atomic E-state index is 12.8. The maximum atomic E-state index is 12.8. The molecule has 0 fully saturated rings. The number of rotatable bonds is 5. The van der Waals surface area contributed by atoms with Gasteiger partial charge in [-0.1, -0.05) is 41.9 Å². The Kier molecular flexibility index (Phi) is 6.08. The van der Waals surface area contributed by atoms with Gasteiger partial charge >= 0.3 is 11.9 Å². The molecule has 0 unspecified atom stereocenters. The van der Waals surface area contributed by atoms with Gasteiger partial charge < -0.3 is 19.9 Å². The second-order valence-corrected chi connectivity index (χ2v) is 7.17. The van der Waals surface area contributed by atoms with E-state index in [1.165, 1.54) is 13.2 Å². The van der Waals surface area contributed by atoms with E-state index >= 15 is 0 Å². The first-order valence-corrected chi connectivity index (χ1v) is 9.37. The molecule has 1 amide bonds. The number of nitrogens with one attached hydrogen (secondary N) is 1. The quantitative estimate of drug-likeness (QED) is 0.725. The van der Waals surface area contributed by atoms with Crippen molar-refractivity contribution in [3.63, 3.8) is 0 Å². The molecule has 29 heavy (non-hydrogen) atoms. The Labute approximate surface area is 172 Å². The molecule has 3 rings (SSSR count). The number of carbonyl (C=O) groups excluding carboxylic acids is 3. The van der Waals surface area contributed by atoms with E-state index in [9.17, 15) is 19.5 Å². The van der Waals surface area contributed by atoms with Gasteiger partial charge in [0.1, 0.15) is 23.5 Å². The number of phenols is 1. The van der Waals surface area contributed by atoms with Crippen LogP contribution in [0, 0.1) is 0 Å². The molecular formula is C21H20ClNO6. The Bertz CT molecular complexity index is 959. The molecule has 1 aliphatic heterocycles. The maximum Gasteiger partial charge on any atom is 0.342 e. The lowest BCUT2D eigenvalue weighted by Crippen LogP contribution is -2.43. The minimum absolute atomic E-state index is 0.126. The largest absolute Gasteiger partial charge is 0.506 e. The van der Waals surface area contributed by atoms with E-state index in [4.69, 9.17) is 21.1 Å². The van der Waals surface area contributed by atoms with Gasteiger partial charge in [-0.15, -0.1) is 0 Å². The molecule has 7 nitrogen and oxygen atoms in total. The molecule has 2 atom stereocenters. The Hall–Kier alpha value is -3.06. The van der Waals surface area contributed by atoms with Crippen LogP contribution in [0.1, 0.15) is 38.8 Å². The third-order valence-electron chi connectivity index (χ3n) is 4.68. The van der Waals surface area contributed by atoms with Crippen LogP contribution in [-0.2, 0) is 27.1 Å². The fourth-order valence-corrected chi connectivity index (χ4v) is 3.54. The zero-order chi connectivity index (χ0) is 21.1. The lowest BCUT2D eigenvalue weighted by Gasteiger charge is -2.24. The molecule has 152 valence electrons. The molecule has 0 spiro atoms. The average Bonchev–Trinajstić information content (AvgIpc) is 2.69. The predicted octanol–water partition coefficient (Wildman–Crippen LogP) is 2.66. The van der Waals surface area contributed by atoms with Crippen molar-refractivity contribution >= 4 is 29.4 Å². The van der Waals surface area contributed by atoms with Gasteiger partial charge in [0.15, 0.2) is 0 Å². The molecular weight excluding hydrogens is 398 g/mol. The standard InChI is InChI=1S/C21H20ClNO6/c1-11-8-13-15(22)10-14(18(24)17(13)21(27)29-11)19(25)23-16(20(26)28-2)9-12-6-4-3-5-7-12/h3-7,10-11,16,24H,8-9H2,1-2H3,(H,23,25)/t11-,16+/m1/s1. The van der Waals surface area contributed by atoms with Crippen LogP contribution in [0.3, 0.4) is 0 Å². The van der Waals surface area contributed by atoms with E-state index in [0.29, 0.717) is 12.0 Å². The summed E-state index contributed by atoms with van der Waals surface area (Å²) < 4.78 is 9.91. The van der Waals surface area contributed by atoms with Gasteiger partial charge in [0, 0.05) is 17.9 Å². The summed E-state index contributed by atoms with van der Waals surface area (Å²) in [6, 6.07) is 9.38. The number of aromatic hydroxyl groups is 1. The number of carbonyl (C=O) groups is 3. The summed E-state index contributed by atoms with van der Waals surface area (Å²) in [5.41, 5.74) is 0.896. The minimum Gasteiger partial charge on any atom is -0.506 e. The van der Waals surface area contributed by atoms with E-state index < -0.39 is 29.6 Å². The molecule has 2 N–H and O–H groups in total. The van der Waals surface area contributed by atoms with Crippen LogP contribution in [0.5, 0.6) is 5.75 Å². The van der Waals surface area contributed by atoms with E-state index in [1.807, 2.05) is 30.3 Å². The van der Waals surface area contributed by atoms with E-state index in [1.54, 1.807) is 6.92 Å². The first kappa shape index (κ1) is 20.7. The van der Waals surface area contributed by atoms with E-state index in [-0.39, 0.29) is 28.7 Å². The number of ether oxygens (including phenoxy) is 2. The number of hydrogen-bond acceptors (Lipinski definition) is 6. The molecule has 8 heteroatoms. The van der Waals surface area contributed by atoms with Crippen molar-refractivity contribution in [2.75, 3.05) is 7.11 Å². The molecule has 2 aromatic carbocycles. The van der Waals surface area contributed by atoms with Gasteiger partial charge in [0.25, 0.3) is 5.91 Å². The summed E-state index contributed by atoms with van der Waals surface area (Å²) in [5.74, 6) is -2.67. The molecule has 0 radical (unpaired) electrons. The normalized spacial score (nSPS) is 16.4. The summed E-state index contributed by atoms with van der Waals surface area (Å²) in [7, 11) is 1.22. The zero-order valence-electron chi connectivity index (χ0n) is 15.9. The Morgan fingerprint density at radius 2 is 2.03 bits per heavy atom. The third-order valence-corrected chi connectivity index (χ3v) is 5.01. The monoisotopic (exact) mass is 417 g/mol. The molecule has 0 saturated heterocycles. The fraction of sp³-hybridized carbons (Fsp3) is 0.286. The smallest absolute Gasteiger partial charge is 0.342 e. The highest BCUT2D eigenvalue weighted by Gasteiger charge is 2.33. The van der Waals surface area contributed by atoms with Gasteiger partial charge in [0.05, 0.1) is 12.7 Å². The number of benzene rings is 2. The lowest BCUT2D eigenvalue weighted by molar-refractivity contribution is -0.142. The number of phenolic OH excluding ortho intramolecular Hbond substituents is 1. The van der Waals surface area contributed by atoms with Crippen molar-refractivity contribution in [1.82, 2.24) is 5.32 Å². The Balaban J connectivity index is 1.91. The Morgan fingerprint density at radius 1 is 1.34 bits per heavy atom. The molecule has 1 heterocycles. The highest BCUT2D eigenvalue weighted by Crippen LogP contribution is 2.36. The molecule has 0 aliphatic carbocycles. The van der Waals surface area contributed by atoms with Crippen molar-refractivity contribution in [1.29, 1.82) is 0 Å². The highest BCUT2D eigenvalue weighted by molar-refractivity contribution is 6.32. The molecule has 1 aliphatic rings. The highest BCUT2D eigenvalue weighted by atomic mass is 35.5. The molecule has 0 bridgehead atoms. The van der Waals surface area contributed by atoms with Crippen LogP contribution >= 0.6 is 11.6 Å². The van der Waals surface area contributed by atoms with Crippen molar-refractivity contribution in [3.8, 4) is 5.75 Å². The van der Waals surface area contributed by atoms with Crippen molar-refractivity contribution < 1.29 is 29.0 Å². The van der Waals surface area contributed by atoms with Crippen LogP contribution in [0.4, 0.5) is 0 Å². The molecule has 0 aromatic heterocycles. The minimum atomic E-state index is -0.990. The van der Waals surface area contributed by atoms with Crippen molar-refractivity contribution in [2.45, 2.75) is 31.9 Å². The van der Waals surface area contributed by atoms with Crippen LogP contribution in [0.25, 0.3) is 0 Å². The number of amides is 1. The van der Waals surface area contributed by atoms with Crippen LogP contribution in [-0.4, -0.2) is 42.2 Å². The number of halogens is 1. The number of fused-ring (bicyclic) bond motifs is 1. The summed E-state index contributed by atoms with van der Waals surface area (Å²) >= 11 is 6.26. The van der Waals surface area contributed by atoms with Gasteiger partial charge in [0.2, 0.25) is 0 Å². The second-order valence-electron chi connectivity index (χ2n) is 6.77. The summed E-state index contributed by atoms with van der Waals surface area (Å²) in [6.45, 7) is 1.71. The zero-order valence-corrected chi connectivity index (χ0v) is 16.7. The first-order chi connectivity index (χ1) is 13.8. The second kappa shape index (κ2) is 8.53. The van der Waals surface area contributed by atoms with Crippen molar-refractivity contribution in [3.05, 3.63) is 63.7 Å². The van der Waals surface area contributed by atoms with Gasteiger partial charge in [-0.3, -0.25) is 4.79 Å². The van der Waals surface area contributed by atoms with Crippen LogP contribution in [0.2, 0.25) is 5.02 Å². The number of methoxy groups -OCH3 is 1. The van der Waals surface area contributed by atoms with Gasteiger partial charge in [-0.2, -0.15) is 0 Å². The Morgan fingerprint density at radius 3 is 2.69 bits per heavy atom. The van der Waals surface area contributed by atoms with Gasteiger partial charge in [-0.25, -0.2) is 9.59 Å². The lowest BCUT2D eigenvalue weighted by atomic mass is 9.95. The first-order valence-electron chi connectivity index (χ1n) is 8.99.